The fourth-order valence-electron chi connectivity index (χ4n) is 2.53. The SMILES string of the molecule is Cc1nc(-c2ccccn2)nc(NCC(O)c2c(F)cccc2F)c1C. The summed E-state index contributed by atoms with van der Waals surface area (Å²) in [5.41, 5.74) is 1.77. The molecule has 0 amide bonds. The maximum Gasteiger partial charge on any atom is 0.180 e. The third-order valence-corrected chi connectivity index (χ3v) is 4.08. The minimum Gasteiger partial charge on any atom is -0.386 e. The quantitative estimate of drug-likeness (QED) is 0.731. The molecule has 0 fully saturated rings. The zero-order valence-electron chi connectivity index (χ0n) is 14.4. The summed E-state index contributed by atoms with van der Waals surface area (Å²) >= 11 is 0. The Balaban J connectivity index is 1.85. The Morgan fingerprint density at radius 1 is 1.04 bits per heavy atom. The highest BCUT2D eigenvalue weighted by molar-refractivity contribution is 5.56. The lowest BCUT2D eigenvalue weighted by molar-refractivity contribution is 0.181. The zero-order chi connectivity index (χ0) is 18.7. The van der Waals surface area contributed by atoms with Crippen LogP contribution in [-0.2, 0) is 0 Å². The Hall–Kier alpha value is -2.93. The number of benzene rings is 1. The third kappa shape index (κ3) is 3.67. The first-order valence-electron chi connectivity index (χ1n) is 8.10. The molecule has 1 unspecified atom stereocenters. The van der Waals surface area contributed by atoms with Crippen LogP contribution in [-0.4, -0.2) is 26.6 Å². The van der Waals surface area contributed by atoms with Gasteiger partial charge in [-0.25, -0.2) is 18.7 Å². The first-order chi connectivity index (χ1) is 12.5. The van der Waals surface area contributed by atoms with E-state index in [2.05, 4.69) is 20.3 Å². The summed E-state index contributed by atoms with van der Waals surface area (Å²) in [6.07, 6.45) is 0.287. The normalized spacial score (nSPS) is 12.0. The van der Waals surface area contributed by atoms with Crippen LogP contribution >= 0.6 is 0 Å². The van der Waals surface area contributed by atoms with E-state index in [4.69, 9.17) is 0 Å². The van der Waals surface area contributed by atoms with Gasteiger partial charge < -0.3 is 10.4 Å². The van der Waals surface area contributed by atoms with Crippen molar-refractivity contribution in [3.8, 4) is 11.5 Å². The van der Waals surface area contributed by atoms with Gasteiger partial charge in [0.2, 0.25) is 0 Å². The molecule has 2 heterocycles. The van der Waals surface area contributed by atoms with Gasteiger partial charge in [-0.3, -0.25) is 4.98 Å². The van der Waals surface area contributed by atoms with E-state index in [-0.39, 0.29) is 12.1 Å². The van der Waals surface area contributed by atoms with Gasteiger partial charge in [0.1, 0.15) is 29.3 Å². The van der Waals surface area contributed by atoms with Gasteiger partial charge in [0, 0.05) is 24.0 Å². The highest BCUT2D eigenvalue weighted by atomic mass is 19.1. The van der Waals surface area contributed by atoms with E-state index in [1.807, 2.05) is 19.9 Å². The fraction of sp³-hybridized carbons (Fsp3) is 0.211. The minimum absolute atomic E-state index is 0.100. The molecule has 134 valence electrons. The molecule has 1 atom stereocenters. The fourth-order valence-corrected chi connectivity index (χ4v) is 2.53. The number of hydrogen-bond acceptors (Lipinski definition) is 5. The van der Waals surface area contributed by atoms with Gasteiger partial charge in [-0.2, -0.15) is 0 Å². The molecule has 7 heteroatoms. The molecule has 0 saturated heterocycles. The smallest absolute Gasteiger partial charge is 0.180 e. The van der Waals surface area contributed by atoms with Crippen LogP contribution in [0.1, 0.15) is 22.9 Å². The highest BCUT2D eigenvalue weighted by Gasteiger charge is 2.18. The van der Waals surface area contributed by atoms with Crippen LogP contribution in [0.15, 0.2) is 42.6 Å². The number of rotatable bonds is 5. The second-order valence-corrected chi connectivity index (χ2v) is 5.85. The number of anilines is 1. The van der Waals surface area contributed by atoms with E-state index in [1.165, 1.54) is 6.07 Å². The Labute approximate surface area is 149 Å². The third-order valence-electron chi connectivity index (χ3n) is 4.08. The number of aryl methyl sites for hydroxylation is 1. The average Bonchev–Trinajstić information content (AvgIpc) is 2.63. The van der Waals surface area contributed by atoms with Crippen molar-refractivity contribution in [2.75, 3.05) is 11.9 Å². The maximum absolute atomic E-state index is 13.8. The molecule has 2 aromatic heterocycles. The summed E-state index contributed by atoms with van der Waals surface area (Å²) in [6, 6.07) is 8.90. The lowest BCUT2D eigenvalue weighted by Crippen LogP contribution is -2.17. The molecule has 2 N–H and O–H groups in total. The molecule has 3 aromatic rings. The van der Waals surface area contributed by atoms with Crippen LogP contribution < -0.4 is 5.32 Å². The summed E-state index contributed by atoms with van der Waals surface area (Å²) in [5.74, 6) is -0.662. The van der Waals surface area contributed by atoms with Gasteiger partial charge in [-0.05, 0) is 38.1 Å². The average molecular weight is 356 g/mol. The molecule has 0 aliphatic rings. The topological polar surface area (TPSA) is 70.9 Å². The second-order valence-electron chi connectivity index (χ2n) is 5.85. The van der Waals surface area contributed by atoms with E-state index in [0.717, 1.165) is 23.4 Å². The Morgan fingerprint density at radius 3 is 2.42 bits per heavy atom. The van der Waals surface area contributed by atoms with Crippen molar-refractivity contribution in [2.24, 2.45) is 0 Å². The van der Waals surface area contributed by atoms with Crippen LogP contribution in [0.5, 0.6) is 0 Å². The van der Waals surface area contributed by atoms with Crippen molar-refractivity contribution in [3.05, 3.63) is 71.1 Å². The van der Waals surface area contributed by atoms with Gasteiger partial charge in [0.05, 0.1) is 5.56 Å². The van der Waals surface area contributed by atoms with Crippen molar-refractivity contribution in [3.63, 3.8) is 0 Å². The molecular weight excluding hydrogens is 338 g/mol. The molecular formula is C19H18F2N4O. The van der Waals surface area contributed by atoms with Gasteiger partial charge in [-0.15, -0.1) is 0 Å². The lowest BCUT2D eigenvalue weighted by atomic mass is 10.1. The molecule has 0 spiro atoms. The number of halogens is 2. The molecule has 1 aromatic carbocycles. The number of aliphatic hydroxyl groups is 1. The largest absolute Gasteiger partial charge is 0.386 e. The van der Waals surface area contributed by atoms with Crippen LogP contribution in [0, 0.1) is 25.5 Å². The van der Waals surface area contributed by atoms with Gasteiger partial charge in [0.15, 0.2) is 5.82 Å². The summed E-state index contributed by atoms with van der Waals surface area (Å²) in [4.78, 5) is 13.1. The van der Waals surface area contributed by atoms with E-state index < -0.39 is 17.7 Å². The molecule has 5 nitrogen and oxygen atoms in total. The Morgan fingerprint density at radius 2 is 1.77 bits per heavy atom. The molecule has 0 radical (unpaired) electrons. The van der Waals surface area contributed by atoms with E-state index in [0.29, 0.717) is 17.3 Å². The van der Waals surface area contributed by atoms with E-state index >= 15 is 0 Å². The molecule has 0 aliphatic heterocycles. The maximum atomic E-state index is 13.8. The number of aliphatic hydroxyl groups excluding tert-OH is 1. The number of pyridine rings is 1. The number of nitrogens with zero attached hydrogens (tertiary/aromatic N) is 3. The highest BCUT2D eigenvalue weighted by Crippen LogP contribution is 2.23. The predicted octanol–water partition coefficient (Wildman–Crippen LogP) is 3.58. The first kappa shape index (κ1) is 17.9. The van der Waals surface area contributed by atoms with Gasteiger partial charge in [-0.1, -0.05) is 12.1 Å². The van der Waals surface area contributed by atoms with Crippen LogP contribution in [0.25, 0.3) is 11.5 Å². The van der Waals surface area contributed by atoms with Crippen molar-refractivity contribution in [2.45, 2.75) is 20.0 Å². The van der Waals surface area contributed by atoms with E-state index in [9.17, 15) is 13.9 Å². The molecule has 26 heavy (non-hydrogen) atoms. The van der Waals surface area contributed by atoms with Crippen molar-refractivity contribution < 1.29 is 13.9 Å². The standard InChI is InChI=1S/C19H18F2N4O/c1-11-12(2)24-19(15-8-3-4-9-22-15)25-18(11)23-10-16(26)17-13(20)6-5-7-14(17)21/h3-9,16,26H,10H2,1-2H3,(H,23,24,25). The van der Waals surface area contributed by atoms with Crippen molar-refractivity contribution in [1.82, 2.24) is 15.0 Å². The summed E-state index contributed by atoms with van der Waals surface area (Å²) in [5, 5.41) is 13.1. The van der Waals surface area contributed by atoms with Gasteiger partial charge in [0.25, 0.3) is 0 Å². The van der Waals surface area contributed by atoms with Crippen LogP contribution in [0.4, 0.5) is 14.6 Å². The molecule has 0 bridgehead atoms. The Kier molecular flexibility index (Phi) is 5.18. The summed E-state index contributed by atoms with van der Waals surface area (Å²) in [6.45, 7) is 3.56. The number of nitrogens with one attached hydrogen (secondary N) is 1. The molecule has 3 rings (SSSR count). The minimum atomic E-state index is -1.36. The van der Waals surface area contributed by atoms with E-state index in [1.54, 1.807) is 18.3 Å². The van der Waals surface area contributed by atoms with Crippen molar-refractivity contribution >= 4 is 5.82 Å². The first-order valence-corrected chi connectivity index (χ1v) is 8.10. The second kappa shape index (κ2) is 7.53. The number of aromatic nitrogens is 3. The van der Waals surface area contributed by atoms with Crippen LogP contribution in [0.2, 0.25) is 0 Å². The van der Waals surface area contributed by atoms with Crippen LogP contribution in [0.3, 0.4) is 0 Å². The van der Waals surface area contributed by atoms with Gasteiger partial charge >= 0.3 is 0 Å². The Bertz CT molecular complexity index is 899. The molecule has 0 aliphatic carbocycles. The monoisotopic (exact) mass is 356 g/mol. The molecule has 0 saturated carbocycles. The van der Waals surface area contributed by atoms with Crippen molar-refractivity contribution in [1.29, 1.82) is 0 Å². The number of hydrogen-bond donors (Lipinski definition) is 2. The predicted molar refractivity (Wildman–Crippen MR) is 94.5 cm³/mol. The lowest BCUT2D eigenvalue weighted by Gasteiger charge is -2.16. The summed E-state index contributed by atoms with van der Waals surface area (Å²) in [7, 11) is 0. The summed E-state index contributed by atoms with van der Waals surface area (Å²) < 4.78 is 27.6. The zero-order valence-corrected chi connectivity index (χ0v) is 14.4.